The summed E-state index contributed by atoms with van der Waals surface area (Å²) in [5, 5.41) is 3.26. The van der Waals surface area contributed by atoms with Crippen LogP contribution in [0.3, 0.4) is 0 Å². The number of ether oxygens (including phenoxy) is 1. The van der Waals surface area contributed by atoms with Crippen LogP contribution < -0.4 is 5.32 Å². The molecule has 0 amide bonds. The van der Waals surface area contributed by atoms with Gasteiger partial charge in [0, 0.05) is 6.04 Å². The van der Waals surface area contributed by atoms with Crippen molar-refractivity contribution < 1.29 is 13.9 Å². The van der Waals surface area contributed by atoms with Crippen LogP contribution in [-0.2, 0) is 15.1 Å². The average molecular weight is 268 g/mol. The highest BCUT2D eigenvalue weighted by Crippen LogP contribution is 2.26. The van der Waals surface area contributed by atoms with Crippen molar-refractivity contribution in [3.63, 3.8) is 0 Å². The van der Waals surface area contributed by atoms with Gasteiger partial charge in [-0.3, -0.25) is 10.3 Å². The van der Waals surface area contributed by atoms with E-state index < -0.39 is 17.3 Å². The summed E-state index contributed by atoms with van der Waals surface area (Å²) in [6, 6.07) is 2.94. The fourth-order valence-electron chi connectivity index (χ4n) is 1.99. The standard InChI is InChI=1S/C14H21FN2O2/c1-5-10(3)17-14(6-2,13(18)19-4)12-8-7-11(15)9-16-12/h7-10,17H,5-6H2,1-4H3. The van der Waals surface area contributed by atoms with Crippen LogP contribution in [0.25, 0.3) is 0 Å². The lowest BCUT2D eigenvalue weighted by atomic mass is 9.90. The molecule has 2 unspecified atom stereocenters. The number of hydrogen-bond acceptors (Lipinski definition) is 4. The van der Waals surface area contributed by atoms with E-state index in [9.17, 15) is 9.18 Å². The minimum atomic E-state index is -1.03. The zero-order chi connectivity index (χ0) is 14.5. The monoisotopic (exact) mass is 268 g/mol. The number of rotatable bonds is 6. The summed E-state index contributed by atoms with van der Waals surface area (Å²) < 4.78 is 17.9. The van der Waals surface area contributed by atoms with Gasteiger partial charge in [0.05, 0.1) is 19.0 Å². The molecule has 0 bridgehead atoms. The number of pyridine rings is 1. The third kappa shape index (κ3) is 3.29. The summed E-state index contributed by atoms with van der Waals surface area (Å²) in [4.78, 5) is 16.2. The lowest BCUT2D eigenvalue weighted by Crippen LogP contribution is -2.53. The van der Waals surface area contributed by atoms with Crippen molar-refractivity contribution in [2.45, 2.75) is 45.2 Å². The molecule has 1 N–H and O–H groups in total. The van der Waals surface area contributed by atoms with Crippen LogP contribution in [0.5, 0.6) is 0 Å². The number of esters is 1. The second-order valence-electron chi connectivity index (χ2n) is 4.57. The number of aromatic nitrogens is 1. The van der Waals surface area contributed by atoms with Crippen LogP contribution in [0.1, 0.15) is 39.3 Å². The van der Waals surface area contributed by atoms with Crippen LogP contribution in [0, 0.1) is 5.82 Å². The number of methoxy groups -OCH3 is 1. The third-order valence-electron chi connectivity index (χ3n) is 3.33. The topological polar surface area (TPSA) is 51.2 Å². The summed E-state index contributed by atoms with van der Waals surface area (Å²) in [6.45, 7) is 5.88. The first-order chi connectivity index (χ1) is 9.00. The van der Waals surface area contributed by atoms with Gasteiger partial charge in [-0.2, -0.15) is 0 Å². The molecule has 19 heavy (non-hydrogen) atoms. The smallest absolute Gasteiger partial charge is 0.332 e. The van der Waals surface area contributed by atoms with E-state index in [0.29, 0.717) is 12.1 Å². The molecule has 0 fully saturated rings. The molecule has 0 aliphatic heterocycles. The molecule has 0 radical (unpaired) electrons. The molecule has 0 spiro atoms. The highest BCUT2D eigenvalue weighted by Gasteiger charge is 2.41. The van der Waals surface area contributed by atoms with Crippen molar-refractivity contribution >= 4 is 5.97 Å². The molecule has 1 aromatic rings. The Bertz CT molecular complexity index is 422. The van der Waals surface area contributed by atoms with Crippen LogP contribution in [-0.4, -0.2) is 24.1 Å². The maximum atomic E-state index is 13.0. The summed E-state index contributed by atoms with van der Waals surface area (Å²) >= 11 is 0. The van der Waals surface area contributed by atoms with Gasteiger partial charge in [-0.05, 0) is 31.9 Å². The Morgan fingerprint density at radius 3 is 2.63 bits per heavy atom. The molecule has 0 aliphatic rings. The van der Waals surface area contributed by atoms with E-state index in [1.165, 1.54) is 19.2 Å². The van der Waals surface area contributed by atoms with E-state index in [1.54, 1.807) is 0 Å². The molecular formula is C14H21FN2O2. The number of nitrogens with zero attached hydrogens (tertiary/aromatic N) is 1. The number of nitrogens with one attached hydrogen (secondary N) is 1. The van der Waals surface area contributed by atoms with Crippen molar-refractivity contribution in [2.75, 3.05) is 7.11 Å². The quantitative estimate of drug-likeness (QED) is 0.805. The van der Waals surface area contributed by atoms with Gasteiger partial charge < -0.3 is 4.74 Å². The van der Waals surface area contributed by atoms with Gasteiger partial charge in [-0.1, -0.05) is 13.8 Å². The van der Waals surface area contributed by atoms with Crippen molar-refractivity contribution in [3.8, 4) is 0 Å². The molecule has 1 rings (SSSR count). The fourth-order valence-corrected chi connectivity index (χ4v) is 1.99. The predicted molar refractivity (Wildman–Crippen MR) is 71.1 cm³/mol. The van der Waals surface area contributed by atoms with Crippen LogP contribution in [0.4, 0.5) is 4.39 Å². The molecule has 1 heterocycles. The van der Waals surface area contributed by atoms with Crippen LogP contribution in [0.15, 0.2) is 18.3 Å². The Kier molecular flexibility index (Phi) is 5.42. The first-order valence-electron chi connectivity index (χ1n) is 6.48. The molecule has 1 aromatic heterocycles. The van der Waals surface area contributed by atoms with E-state index in [4.69, 9.17) is 4.74 Å². The minimum Gasteiger partial charge on any atom is -0.467 e. The van der Waals surface area contributed by atoms with E-state index in [2.05, 4.69) is 10.3 Å². The second kappa shape index (κ2) is 6.61. The molecule has 106 valence electrons. The highest BCUT2D eigenvalue weighted by molar-refractivity contribution is 5.82. The Hall–Kier alpha value is -1.49. The van der Waals surface area contributed by atoms with E-state index in [1.807, 2.05) is 20.8 Å². The normalized spacial score (nSPS) is 15.6. The summed E-state index contributed by atoms with van der Waals surface area (Å²) in [6.07, 6.45) is 2.45. The summed E-state index contributed by atoms with van der Waals surface area (Å²) in [5.41, 5.74) is -0.554. The largest absolute Gasteiger partial charge is 0.467 e. The summed E-state index contributed by atoms with van der Waals surface area (Å²) in [5.74, 6) is -0.837. The first kappa shape index (κ1) is 15.6. The fraction of sp³-hybridized carbons (Fsp3) is 0.571. The average Bonchev–Trinajstić information content (AvgIpc) is 2.44. The van der Waals surface area contributed by atoms with Gasteiger partial charge in [0.2, 0.25) is 0 Å². The van der Waals surface area contributed by atoms with Crippen molar-refractivity contribution in [2.24, 2.45) is 0 Å². The van der Waals surface area contributed by atoms with Crippen molar-refractivity contribution in [1.82, 2.24) is 10.3 Å². The maximum absolute atomic E-state index is 13.0. The van der Waals surface area contributed by atoms with Crippen LogP contribution >= 0.6 is 0 Å². The Balaban J connectivity index is 3.23. The second-order valence-corrected chi connectivity index (χ2v) is 4.57. The van der Waals surface area contributed by atoms with E-state index in [0.717, 1.165) is 12.6 Å². The maximum Gasteiger partial charge on any atom is 0.332 e. The van der Waals surface area contributed by atoms with Gasteiger partial charge >= 0.3 is 5.97 Å². The zero-order valence-electron chi connectivity index (χ0n) is 11.9. The van der Waals surface area contributed by atoms with Crippen LogP contribution in [0.2, 0.25) is 0 Å². The van der Waals surface area contributed by atoms with Gasteiger partial charge in [0.15, 0.2) is 5.54 Å². The lowest BCUT2D eigenvalue weighted by Gasteiger charge is -2.33. The molecular weight excluding hydrogens is 247 g/mol. The number of halogens is 1. The zero-order valence-corrected chi connectivity index (χ0v) is 11.9. The number of carbonyl (C=O) groups excluding carboxylic acids is 1. The number of hydrogen-bond donors (Lipinski definition) is 1. The minimum absolute atomic E-state index is 0.117. The van der Waals surface area contributed by atoms with Gasteiger partial charge in [0.25, 0.3) is 0 Å². The number of carbonyl (C=O) groups is 1. The first-order valence-corrected chi connectivity index (χ1v) is 6.48. The van der Waals surface area contributed by atoms with E-state index >= 15 is 0 Å². The molecule has 5 heteroatoms. The summed E-state index contributed by atoms with van der Waals surface area (Å²) in [7, 11) is 1.34. The van der Waals surface area contributed by atoms with Gasteiger partial charge in [0.1, 0.15) is 5.82 Å². The lowest BCUT2D eigenvalue weighted by molar-refractivity contribution is -0.150. The Morgan fingerprint density at radius 2 is 2.21 bits per heavy atom. The molecule has 2 atom stereocenters. The van der Waals surface area contributed by atoms with Crippen molar-refractivity contribution in [3.05, 3.63) is 29.8 Å². The van der Waals surface area contributed by atoms with Gasteiger partial charge in [-0.25, -0.2) is 9.18 Å². The molecule has 0 saturated heterocycles. The third-order valence-corrected chi connectivity index (χ3v) is 3.33. The molecule has 4 nitrogen and oxygen atoms in total. The molecule has 0 aliphatic carbocycles. The predicted octanol–water partition coefficient (Wildman–Crippen LogP) is 2.39. The van der Waals surface area contributed by atoms with Gasteiger partial charge in [-0.15, -0.1) is 0 Å². The molecule has 0 saturated carbocycles. The van der Waals surface area contributed by atoms with Crippen molar-refractivity contribution in [1.29, 1.82) is 0 Å². The Labute approximate surface area is 113 Å². The SMILES string of the molecule is CCC(C)NC(CC)(C(=O)OC)c1ccc(F)cn1. The highest BCUT2D eigenvalue weighted by atomic mass is 19.1. The molecule has 0 aromatic carbocycles. The Morgan fingerprint density at radius 1 is 1.53 bits per heavy atom. The van der Waals surface area contributed by atoms with E-state index in [-0.39, 0.29) is 6.04 Å².